The Morgan fingerprint density at radius 1 is 1.18 bits per heavy atom. The fourth-order valence-corrected chi connectivity index (χ4v) is 5.00. The number of anilines is 2. The number of nitrogens with one attached hydrogen (secondary N) is 1. The lowest BCUT2D eigenvalue weighted by Crippen LogP contribution is -2.47. The molecule has 4 heterocycles. The lowest BCUT2D eigenvalue weighted by Gasteiger charge is -2.28. The number of hydrogen-bond acceptors (Lipinski definition) is 6. The zero-order valence-corrected chi connectivity index (χ0v) is 19.8. The largest absolute Gasteiger partial charge is 0.383 e. The van der Waals surface area contributed by atoms with Crippen LogP contribution in [-0.2, 0) is 16.1 Å². The SMILES string of the molecule is C[C@@H]1CC[C@@H](C(=O)Nc2cccc(Br)n2)N1C(=O)Cn1c2cccc(F)c2c2c(N)ncnc21. The smallest absolute Gasteiger partial charge is 0.248 e. The summed E-state index contributed by atoms with van der Waals surface area (Å²) in [6, 6.07) is 9.04. The Morgan fingerprint density at radius 3 is 2.76 bits per heavy atom. The number of carbonyl (C=O) groups excluding carboxylic acids is 2. The van der Waals surface area contributed by atoms with E-state index in [1.165, 1.54) is 12.4 Å². The molecule has 0 radical (unpaired) electrons. The third-order valence-electron chi connectivity index (χ3n) is 6.16. The number of hydrogen-bond donors (Lipinski definition) is 2. The molecule has 1 aromatic carbocycles. The molecule has 0 saturated carbocycles. The number of carbonyl (C=O) groups is 2. The molecule has 4 aromatic rings. The van der Waals surface area contributed by atoms with Crippen LogP contribution in [0.1, 0.15) is 19.8 Å². The van der Waals surface area contributed by atoms with E-state index in [-0.39, 0.29) is 35.6 Å². The first kappa shape index (κ1) is 22.2. The number of halogens is 2. The van der Waals surface area contributed by atoms with E-state index in [9.17, 15) is 14.0 Å². The van der Waals surface area contributed by atoms with Crippen LogP contribution in [0.15, 0.2) is 47.3 Å². The number of nitrogens with zero attached hydrogens (tertiary/aromatic N) is 5. The Labute approximate surface area is 202 Å². The number of amides is 2. The van der Waals surface area contributed by atoms with Gasteiger partial charge in [0.1, 0.15) is 46.6 Å². The molecular weight excluding hydrogens is 505 g/mol. The number of likely N-dealkylation sites (tertiary alicyclic amines) is 1. The summed E-state index contributed by atoms with van der Waals surface area (Å²) in [5.74, 6) is -0.504. The molecule has 9 nitrogen and oxygen atoms in total. The standard InChI is InChI=1S/C23H21BrFN7O2/c1-12-8-9-15(23(34)30-17-7-3-6-16(24)29-17)32(12)18(33)10-31-14-5-2-4-13(25)19(14)20-21(26)27-11-28-22(20)31/h2-7,11-12,15H,8-10H2,1H3,(H2,26,27,28)(H,29,30,34)/t12-,15+/m1/s1. The van der Waals surface area contributed by atoms with Crippen molar-refractivity contribution in [3.8, 4) is 0 Å². The molecule has 11 heteroatoms. The molecule has 0 spiro atoms. The monoisotopic (exact) mass is 525 g/mol. The summed E-state index contributed by atoms with van der Waals surface area (Å²) in [6.07, 6.45) is 2.51. The lowest BCUT2D eigenvalue weighted by molar-refractivity contribution is -0.138. The first-order valence-corrected chi connectivity index (χ1v) is 11.6. The van der Waals surface area contributed by atoms with E-state index in [4.69, 9.17) is 5.73 Å². The van der Waals surface area contributed by atoms with Crippen LogP contribution in [-0.4, -0.2) is 48.3 Å². The Kier molecular flexibility index (Phi) is 5.64. The summed E-state index contributed by atoms with van der Waals surface area (Å²) in [7, 11) is 0. The number of nitrogen functional groups attached to an aromatic ring is 1. The highest BCUT2D eigenvalue weighted by Crippen LogP contribution is 2.33. The van der Waals surface area contributed by atoms with Crippen LogP contribution in [0.25, 0.3) is 21.9 Å². The van der Waals surface area contributed by atoms with Gasteiger partial charge in [-0.05, 0) is 60.0 Å². The highest BCUT2D eigenvalue weighted by molar-refractivity contribution is 9.10. The van der Waals surface area contributed by atoms with Gasteiger partial charge in [0, 0.05) is 11.4 Å². The van der Waals surface area contributed by atoms with E-state index in [0.717, 1.165) is 0 Å². The van der Waals surface area contributed by atoms with E-state index in [1.807, 2.05) is 6.92 Å². The minimum absolute atomic E-state index is 0.122. The fourth-order valence-electron chi connectivity index (χ4n) is 4.66. The number of rotatable bonds is 4. The van der Waals surface area contributed by atoms with E-state index in [0.29, 0.717) is 39.8 Å². The van der Waals surface area contributed by atoms with Crippen molar-refractivity contribution >= 4 is 61.3 Å². The van der Waals surface area contributed by atoms with Gasteiger partial charge >= 0.3 is 0 Å². The van der Waals surface area contributed by atoms with Crippen molar-refractivity contribution < 1.29 is 14.0 Å². The van der Waals surface area contributed by atoms with Gasteiger partial charge in [-0.1, -0.05) is 12.1 Å². The zero-order valence-electron chi connectivity index (χ0n) is 18.2. The molecule has 0 unspecified atom stereocenters. The highest BCUT2D eigenvalue weighted by Gasteiger charge is 2.39. The molecule has 0 aliphatic carbocycles. The van der Waals surface area contributed by atoms with Gasteiger partial charge in [-0.25, -0.2) is 19.3 Å². The zero-order chi connectivity index (χ0) is 24.0. The van der Waals surface area contributed by atoms with Crippen LogP contribution < -0.4 is 11.1 Å². The second kappa shape index (κ2) is 8.64. The van der Waals surface area contributed by atoms with Crippen LogP contribution in [0.3, 0.4) is 0 Å². The molecule has 1 aliphatic heterocycles. The normalized spacial score (nSPS) is 18.0. The maximum absolute atomic E-state index is 14.7. The predicted molar refractivity (Wildman–Crippen MR) is 129 cm³/mol. The maximum Gasteiger partial charge on any atom is 0.248 e. The average molecular weight is 526 g/mol. The van der Waals surface area contributed by atoms with Crippen molar-refractivity contribution in [2.75, 3.05) is 11.1 Å². The van der Waals surface area contributed by atoms with Crippen LogP contribution in [0.5, 0.6) is 0 Å². The Balaban J connectivity index is 1.48. The number of fused-ring (bicyclic) bond motifs is 3. The van der Waals surface area contributed by atoms with Crippen LogP contribution in [0, 0.1) is 5.82 Å². The van der Waals surface area contributed by atoms with Gasteiger partial charge in [-0.3, -0.25) is 9.59 Å². The van der Waals surface area contributed by atoms with E-state index < -0.39 is 11.9 Å². The molecule has 1 aliphatic rings. The molecular formula is C23H21BrFN7O2. The minimum atomic E-state index is -0.646. The molecule has 2 atom stereocenters. The molecule has 174 valence electrons. The summed E-state index contributed by atoms with van der Waals surface area (Å²) >= 11 is 3.29. The Hall–Kier alpha value is -3.60. The van der Waals surface area contributed by atoms with Gasteiger partial charge < -0.3 is 20.5 Å². The summed E-state index contributed by atoms with van der Waals surface area (Å²) in [6.45, 7) is 1.79. The molecule has 2 amide bonds. The molecule has 3 aromatic heterocycles. The summed E-state index contributed by atoms with van der Waals surface area (Å²) in [5, 5.41) is 3.44. The first-order chi connectivity index (χ1) is 16.3. The van der Waals surface area contributed by atoms with Gasteiger partial charge in [0.2, 0.25) is 11.8 Å². The second-order valence-electron chi connectivity index (χ2n) is 8.26. The summed E-state index contributed by atoms with van der Waals surface area (Å²) in [4.78, 5) is 40.7. The van der Waals surface area contributed by atoms with Gasteiger partial charge in [-0.2, -0.15) is 0 Å². The summed E-state index contributed by atoms with van der Waals surface area (Å²) < 4.78 is 17.0. The van der Waals surface area contributed by atoms with Crippen molar-refractivity contribution in [2.45, 2.75) is 38.4 Å². The van der Waals surface area contributed by atoms with E-state index >= 15 is 0 Å². The molecule has 5 rings (SSSR count). The number of pyridine rings is 1. The van der Waals surface area contributed by atoms with Crippen molar-refractivity contribution in [1.29, 1.82) is 0 Å². The predicted octanol–water partition coefficient (Wildman–Crippen LogP) is 3.48. The van der Waals surface area contributed by atoms with Crippen molar-refractivity contribution in [3.05, 3.63) is 53.1 Å². The minimum Gasteiger partial charge on any atom is -0.383 e. The molecule has 1 fully saturated rings. The number of aromatic nitrogens is 4. The Bertz CT molecular complexity index is 1380. The second-order valence-corrected chi connectivity index (χ2v) is 9.07. The van der Waals surface area contributed by atoms with Crippen molar-refractivity contribution in [2.24, 2.45) is 0 Å². The van der Waals surface area contributed by atoms with Gasteiger partial charge in [0.15, 0.2) is 0 Å². The van der Waals surface area contributed by atoms with Crippen molar-refractivity contribution in [3.63, 3.8) is 0 Å². The first-order valence-electron chi connectivity index (χ1n) is 10.8. The molecule has 1 saturated heterocycles. The third-order valence-corrected chi connectivity index (χ3v) is 6.61. The number of nitrogens with two attached hydrogens (primary N) is 1. The molecule has 0 bridgehead atoms. The van der Waals surface area contributed by atoms with E-state index in [2.05, 4.69) is 36.2 Å². The fraction of sp³-hybridized carbons (Fsp3) is 0.261. The van der Waals surface area contributed by atoms with Gasteiger partial charge in [0.05, 0.1) is 10.9 Å². The lowest BCUT2D eigenvalue weighted by atomic mass is 10.2. The topological polar surface area (TPSA) is 119 Å². The van der Waals surface area contributed by atoms with Gasteiger partial charge in [0.25, 0.3) is 0 Å². The van der Waals surface area contributed by atoms with Gasteiger partial charge in [-0.15, -0.1) is 0 Å². The molecule has 34 heavy (non-hydrogen) atoms. The maximum atomic E-state index is 14.7. The summed E-state index contributed by atoms with van der Waals surface area (Å²) in [5.41, 5.74) is 6.89. The van der Waals surface area contributed by atoms with E-state index in [1.54, 1.807) is 39.8 Å². The van der Waals surface area contributed by atoms with Crippen LogP contribution >= 0.6 is 15.9 Å². The third kappa shape index (κ3) is 3.75. The quantitative estimate of drug-likeness (QED) is 0.393. The Morgan fingerprint density at radius 2 is 1.97 bits per heavy atom. The average Bonchev–Trinajstić information content (AvgIpc) is 3.34. The molecule has 3 N–H and O–H groups in total. The van der Waals surface area contributed by atoms with Crippen LogP contribution in [0.2, 0.25) is 0 Å². The highest BCUT2D eigenvalue weighted by atomic mass is 79.9. The number of benzene rings is 1. The van der Waals surface area contributed by atoms with Crippen LogP contribution in [0.4, 0.5) is 16.0 Å². The van der Waals surface area contributed by atoms with Crippen molar-refractivity contribution in [1.82, 2.24) is 24.4 Å².